The highest BCUT2D eigenvalue weighted by molar-refractivity contribution is 6.22. The lowest BCUT2D eigenvalue weighted by molar-refractivity contribution is -0.0418. The van der Waals surface area contributed by atoms with Crippen LogP contribution in [0.15, 0.2) is 36.5 Å². The lowest BCUT2D eigenvalue weighted by Gasteiger charge is -2.17. The number of aliphatic hydroxyl groups is 1. The van der Waals surface area contributed by atoms with E-state index in [1.807, 2.05) is 0 Å². The summed E-state index contributed by atoms with van der Waals surface area (Å²) in [4.78, 5) is 3.96. The third-order valence-electron chi connectivity index (χ3n) is 2.27. The molecule has 0 saturated heterocycles. The zero-order chi connectivity index (χ0) is 11.8. The van der Waals surface area contributed by atoms with Crippen LogP contribution in [0.25, 0.3) is 10.9 Å². The summed E-state index contributed by atoms with van der Waals surface area (Å²) in [5.41, 5.74) is 0.357. The van der Waals surface area contributed by atoms with E-state index in [0.29, 0.717) is 10.9 Å². The fourth-order valence-electron chi connectivity index (χ4n) is 1.52. The number of para-hydroxylation sites is 1. The van der Waals surface area contributed by atoms with Crippen molar-refractivity contribution in [1.29, 1.82) is 0 Å². The molecule has 1 aromatic carbocycles. The van der Waals surface area contributed by atoms with E-state index in [1.165, 1.54) is 12.3 Å². The Kier molecular flexibility index (Phi) is 2.78. The number of pyridine rings is 1. The van der Waals surface area contributed by atoms with Gasteiger partial charge in [0.05, 0.1) is 5.52 Å². The standard InChI is InChI=1S/C11H8ClF2NO/c12-11(13,14)10(16)8-5-1-3-7-4-2-6-15-9(7)8/h1-6,10,16H. The number of hydrogen-bond acceptors (Lipinski definition) is 2. The van der Waals surface area contributed by atoms with Crippen LogP contribution in [0.1, 0.15) is 11.7 Å². The van der Waals surface area contributed by atoms with Crippen LogP contribution in [-0.4, -0.2) is 15.5 Å². The van der Waals surface area contributed by atoms with Gasteiger partial charge in [0.25, 0.3) is 0 Å². The smallest absolute Gasteiger partial charge is 0.351 e. The first-order valence-corrected chi connectivity index (χ1v) is 4.96. The van der Waals surface area contributed by atoms with Gasteiger partial charge in [-0.05, 0) is 17.7 Å². The van der Waals surface area contributed by atoms with E-state index in [2.05, 4.69) is 4.98 Å². The van der Waals surface area contributed by atoms with Crippen LogP contribution < -0.4 is 0 Å². The Bertz CT molecular complexity index is 507. The Morgan fingerprint density at radius 3 is 2.62 bits per heavy atom. The first kappa shape index (κ1) is 11.2. The van der Waals surface area contributed by atoms with Crippen LogP contribution in [0.3, 0.4) is 0 Å². The number of hydrogen-bond donors (Lipinski definition) is 1. The molecule has 0 saturated carbocycles. The Morgan fingerprint density at radius 2 is 1.94 bits per heavy atom. The van der Waals surface area contributed by atoms with Gasteiger partial charge in [0.1, 0.15) is 0 Å². The molecule has 5 heteroatoms. The topological polar surface area (TPSA) is 33.1 Å². The summed E-state index contributed by atoms with van der Waals surface area (Å²) >= 11 is 4.81. The second-order valence-corrected chi connectivity index (χ2v) is 3.87. The Labute approximate surface area is 95.5 Å². The largest absolute Gasteiger partial charge is 0.381 e. The number of fused-ring (bicyclic) bond motifs is 1. The molecule has 1 aromatic heterocycles. The molecule has 0 radical (unpaired) electrons. The van der Waals surface area contributed by atoms with E-state index in [4.69, 9.17) is 11.6 Å². The number of aromatic nitrogens is 1. The lowest BCUT2D eigenvalue weighted by atomic mass is 10.1. The molecule has 0 spiro atoms. The Morgan fingerprint density at radius 1 is 1.25 bits per heavy atom. The maximum atomic E-state index is 12.8. The van der Waals surface area contributed by atoms with Crippen LogP contribution in [0, 0.1) is 0 Å². The molecule has 1 atom stereocenters. The molecule has 0 aliphatic carbocycles. The van der Waals surface area contributed by atoms with Crippen molar-refractivity contribution in [3.8, 4) is 0 Å². The van der Waals surface area contributed by atoms with E-state index in [9.17, 15) is 13.9 Å². The third-order valence-corrected chi connectivity index (χ3v) is 2.48. The second kappa shape index (κ2) is 3.96. The maximum Gasteiger partial charge on any atom is 0.351 e. The normalized spacial score (nSPS) is 14.0. The molecule has 0 bridgehead atoms. The highest BCUT2D eigenvalue weighted by atomic mass is 35.5. The summed E-state index contributed by atoms with van der Waals surface area (Å²) in [6.07, 6.45) is -0.585. The van der Waals surface area contributed by atoms with Gasteiger partial charge in [-0.2, -0.15) is 8.78 Å². The minimum atomic E-state index is -3.70. The number of alkyl halides is 3. The van der Waals surface area contributed by atoms with Gasteiger partial charge in [-0.15, -0.1) is 0 Å². The van der Waals surface area contributed by atoms with Crippen LogP contribution in [0.5, 0.6) is 0 Å². The molecule has 1 unspecified atom stereocenters. The van der Waals surface area contributed by atoms with Crippen molar-refractivity contribution < 1.29 is 13.9 Å². The van der Waals surface area contributed by atoms with Gasteiger partial charge in [-0.25, -0.2) is 0 Å². The van der Waals surface area contributed by atoms with Gasteiger partial charge >= 0.3 is 5.38 Å². The van der Waals surface area contributed by atoms with E-state index >= 15 is 0 Å². The van der Waals surface area contributed by atoms with Gasteiger partial charge in [-0.1, -0.05) is 24.3 Å². The number of benzene rings is 1. The number of nitrogens with zero attached hydrogens (tertiary/aromatic N) is 1. The van der Waals surface area contributed by atoms with E-state index in [0.717, 1.165) is 0 Å². The predicted octanol–water partition coefficient (Wildman–Crippen LogP) is 3.10. The first-order valence-electron chi connectivity index (χ1n) is 4.58. The summed E-state index contributed by atoms with van der Waals surface area (Å²) in [5.74, 6) is 0. The first-order chi connectivity index (χ1) is 7.50. The Balaban J connectivity index is 2.61. The highest BCUT2D eigenvalue weighted by Gasteiger charge is 2.37. The fraction of sp³-hybridized carbons (Fsp3) is 0.182. The molecule has 2 aromatic rings. The molecule has 0 aliphatic heterocycles. The van der Waals surface area contributed by atoms with Crippen molar-refractivity contribution in [2.75, 3.05) is 0 Å². The van der Waals surface area contributed by atoms with Gasteiger partial charge < -0.3 is 5.11 Å². The third kappa shape index (κ3) is 1.99. The van der Waals surface area contributed by atoms with Crippen molar-refractivity contribution >= 4 is 22.5 Å². The maximum absolute atomic E-state index is 12.8. The molecule has 1 heterocycles. The molecule has 84 valence electrons. The summed E-state index contributed by atoms with van der Waals surface area (Å²) in [7, 11) is 0. The molecule has 1 N–H and O–H groups in total. The summed E-state index contributed by atoms with van der Waals surface area (Å²) in [6.45, 7) is 0. The second-order valence-electron chi connectivity index (χ2n) is 3.37. The molecular formula is C11H8ClF2NO. The van der Waals surface area contributed by atoms with Crippen LogP contribution in [-0.2, 0) is 0 Å². The van der Waals surface area contributed by atoms with Crippen molar-refractivity contribution in [3.63, 3.8) is 0 Å². The molecule has 16 heavy (non-hydrogen) atoms. The average molecular weight is 244 g/mol. The average Bonchev–Trinajstić information content (AvgIpc) is 2.26. The van der Waals surface area contributed by atoms with Gasteiger partial charge in [0.2, 0.25) is 0 Å². The summed E-state index contributed by atoms with van der Waals surface area (Å²) in [6, 6.07) is 8.11. The van der Waals surface area contributed by atoms with Crippen molar-refractivity contribution in [3.05, 3.63) is 42.1 Å². The van der Waals surface area contributed by atoms with Crippen LogP contribution >= 0.6 is 11.6 Å². The van der Waals surface area contributed by atoms with E-state index < -0.39 is 11.5 Å². The molecular weight excluding hydrogens is 236 g/mol. The molecule has 2 nitrogen and oxygen atoms in total. The van der Waals surface area contributed by atoms with Gasteiger partial charge in [0, 0.05) is 17.1 Å². The van der Waals surface area contributed by atoms with Crippen LogP contribution in [0.2, 0.25) is 0 Å². The highest BCUT2D eigenvalue weighted by Crippen LogP contribution is 2.36. The molecule has 0 aliphatic rings. The number of aliphatic hydroxyl groups excluding tert-OH is 1. The lowest BCUT2D eigenvalue weighted by Crippen LogP contribution is -2.19. The van der Waals surface area contributed by atoms with Crippen LogP contribution in [0.4, 0.5) is 8.78 Å². The van der Waals surface area contributed by atoms with Gasteiger partial charge in [0.15, 0.2) is 6.10 Å². The quantitative estimate of drug-likeness (QED) is 0.823. The summed E-state index contributed by atoms with van der Waals surface area (Å²) < 4.78 is 25.6. The molecule has 0 amide bonds. The Hall–Kier alpha value is -1.26. The summed E-state index contributed by atoms with van der Waals surface area (Å²) in [5, 5.41) is 6.41. The minimum absolute atomic E-state index is 0.0260. The number of rotatable bonds is 2. The SMILES string of the molecule is OC(c1cccc2cccnc12)C(F)(F)Cl. The van der Waals surface area contributed by atoms with E-state index in [1.54, 1.807) is 24.3 Å². The predicted molar refractivity (Wildman–Crippen MR) is 57.5 cm³/mol. The minimum Gasteiger partial charge on any atom is -0.381 e. The monoisotopic (exact) mass is 243 g/mol. The molecule has 0 fully saturated rings. The van der Waals surface area contributed by atoms with Crippen molar-refractivity contribution in [2.45, 2.75) is 11.5 Å². The van der Waals surface area contributed by atoms with Gasteiger partial charge in [-0.3, -0.25) is 4.98 Å². The van der Waals surface area contributed by atoms with Crippen molar-refractivity contribution in [1.82, 2.24) is 4.98 Å². The fourth-order valence-corrected chi connectivity index (χ4v) is 1.64. The number of halogens is 3. The molecule has 2 rings (SSSR count). The van der Waals surface area contributed by atoms with Crippen molar-refractivity contribution in [2.24, 2.45) is 0 Å². The zero-order valence-corrected chi connectivity index (χ0v) is 8.83. The van der Waals surface area contributed by atoms with E-state index in [-0.39, 0.29) is 5.56 Å². The zero-order valence-electron chi connectivity index (χ0n) is 8.07.